The number of benzene rings is 1. The van der Waals surface area contributed by atoms with E-state index >= 15 is 0 Å². The van der Waals surface area contributed by atoms with Gasteiger partial charge in [0, 0.05) is 24.7 Å². The Labute approximate surface area is 123 Å². The highest BCUT2D eigenvalue weighted by molar-refractivity contribution is 5.94. The quantitative estimate of drug-likeness (QED) is 0.930. The molecule has 1 amide bonds. The van der Waals surface area contributed by atoms with Gasteiger partial charge in [0.2, 0.25) is 0 Å². The molecule has 0 saturated carbocycles. The SMILES string of the molecule is CNCC1CCCN(C(=O)c2cc(F)cc(F)c2)C1.Cl. The summed E-state index contributed by atoms with van der Waals surface area (Å²) >= 11 is 0. The van der Waals surface area contributed by atoms with Crippen LogP contribution in [0.15, 0.2) is 18.2 Å². The van der Waals surface area contributed by atoms with Crippen molar-refractivity contribution in [3.8, 4) is 0 Å². The minimum atomic E-state index is -0.716. The summed E-state index contributed by atoms with van der Waals surface area (Å²) in [5, 5.41) is 3.10. The Kier molecular flexibility index (Phi) is 6.36. The van der Waals surface area contributed by atoms with Gasteiger partial charge in [0.05, 0.1) is 0 Å². The van der Waals surface area contributed by atoms with Crippen molar-refractivity contribution in [1.29, 1.82) is 0 Å². The third-order valence-corrected chi connectivity index (χ3v) is 3.41. The van der Waals surface area contributed by atoms with Gasteiger partial charge in [-0.1, -0.05) is 0 Å². The normalized spacial score (nSPS) is 18.6. The lowest BCUT2D eigenvalue weighted by molar-refractivity contribution is 0.0673. The van der Waals surface area contributed by atoms with Gasteiger partial charge in [-0.05, 0) is 44.5 Å². The molecule has 3 nitrogen and oxygen atoms in total. The number of hydrogen-bond acceptors (Lipinski definition) is 2. The molecule has 1 aromatic carbocycles. The Hall–Kier alpha value is -1.20. The summed E-state index contributed by atoms with van der Waals surface area (Å²) in [6.45, 7) is 2.14. The lowest BCUT2D eigenvalue weighted by Crippen LogP contribution is -2.42. The first-order chi connectivity index (χ1) is 9.10. The van der Waals surface area contributed by atoms with Gasteiger partial charge in [0.25, 0.3) is 5.91 Å². The van der Waals surface area contributed by atoms with Gasteiger partial charge < -0.3 is 10.2 Å². The lowest BCUT2D eigenvalue weighted by Gasteiger charge is -2.32. The predicted molar refractivity (Wildman–Crippen MR) is 76.2 cm³/mol. The largest absolute Gasteiger partial charge is 0.338 e. The van der Waals surface area contributed by atoms with Gasteiger partial charge >= 0.3 is 0 Å². The Morgan fingerprint density at radius 1 is 1.35 bits per heavy atom. The van der Waals surface area contributed by atoms with Crippen molar-refractivity contribution in [3.63, 3.8) is 0 Å². The molecule has 1 saturated heterocycles. The van der Waals surface area contributed by atoms with Crippen LogP contribution in [0.25, 0.3) is 0 Å². The van der Waals surface area contributed by atoms with Crippen LogP contribution in [-0.2, 0) is 0 Å². The predicted octanol–water partition coefficient (Wildman–Crippen LogP) is 2.46. The summed E-state index contributed by atoms with van der Waals surface area (Å²) in [5.41, 5.74) is 0.0857. The van der Waals surface area contributed by atoms with E-state index in [9.17, 15) is 13.6 Å². The van der Waals surface area contributed by atoms with Crippen LogP contribution in [0.5, 0.6) is 0 Å². The van der Waals surface area contributed by atoms with Gasteiger partial charge in [-0.25, -0.2) is 8.78 Å². The van der Waals surface area contributed by atoms with Crippen molar-refractivity contribution in [2.24, 2.45) is 5.92 Å². The number of carbonyl (C=O) groups is 1. The number of nitrogens with one attached hydrogen (secondary N) is 1. The lowest BCUT2D eigenvalue weighted by atomic mass is 9.97. The average Bonchev–Trinajstić information content (AvgIpc) is 2.37. The van der Waals surface area contributed by atoms with Crippen LogP contribution in [0, 0.1) is 17.6 Å². The highest BCUT2D eigenvalue weighted by Gasteiger charge is 2.24. The summed E-state index contributed by atoms with van der Waals surface area (Å²) in [5.74, 6) is -1.32. The fourth-order valence-corrected chi connectivity index (χ4v) is 2.56. The minimum Gasteiger partial charge on any atom is -0.338 e. The standard InChI is InChI=1S/C14H18F2N2O.ClH/c1-17-8-10-3-2-4-18(9-10)14(19)11-5-12(15)7-13(16)6-11;/h5-7,10,17H,2-4,8-9H2,1H3;1H. The van der Waals surface area contributed by atoms with E-state index in [0.29, 0.717) is 19.0 Å². The first kappa shape index (κ1) is 16.9. The fraction of sp³-hybridized carbons (Fsp3) is 0.500. The number of amides is 1. The summed E-state index contributed by atoms with van der Waals surface area (Å²) in [6, 6.07) is 2.96. The monoisotopic (exact) mass is 304 g/mol. The molecular weight excluding hydrogens is 286 g/mol. The van der Waals surface area contributed by atoms with Crippen molar-refractivity contribution in [3.05, 3.63) is 35.4 Å². The van der Waals surface area contributed by atoms with Crippen LogP contribution in [-0.4, -0.2) is 37.5 Å². The molecule has 112 valence electrons. The molecule has 0 aliphatic carbocycles. The van der Waals surface area contributed by atoms with Crippen molar-refractivity contribution < 1.29 is 13.6 Å². The van der Waals surface area contributed by atoms with E-state index in [1.54, 1.807) is 4.90 Å². The molecule has 20 heavy (non-hydrogen) atoms. The van der Waals surface area contributed by atoms with Gasteiger partial charge in [-0.2, -0.15) is 0 Å². The van der Waals surface area contributed by atoms with E-state index < -0.39 is 11.6 Å². The molecule has 1 heterocycles. The van der Waals surface area contributed by atoms with Crippen LogP contribution < -0.4 is 5.32 Å². The molecule has 0 bridgehead atoms. The third kappa shape index (κ3) is 4.15. The van der Waals surface area contributed by atoms with Crippen molar-refractivity contribution in [1.82, 2.24) is 10.2 Å². The molecule has 1 atom stereocenters. The summed E-state index contributed by atoms with van der Waals surface area (Å²) in [4.78, 5) is 13.9. The molecule has 0 radical (unpaired) electrons. The zero-order valence-electron chi connectivity index (χ0n) is 11.4. The van der Waals surface area contributed by atoms with Gasteiger partial charge in [0.1, 0.15) is 11.6 Å². The molecule has 0 spiro atoms. The Morgan fingerprint density at radius 2 is 2.00 bits per heavy atom. The maximum absolute atomic E-state index is 13.1. The topological polar surface area (TPSA) is 32.3 Å². The van der Waals surface area contributed by atoms with Crippen LogP contribution in [0.1, 0.15) is 23.2 Å². The van der Waals surface area contributed by atoms with Crippen LogP contribution in [0.4, 0.5) is 8.78 Å². The van der Waals surface area contributed by atoms with Gasteiger partial charge in [-0.15, -0.1) is 12.4 Å². The molecule has 1 aliphatic rings. The molecule has 1 N–H and O–H groups in total. The number of carbonyl (C=O) groups excluding carboxylic acids is 1. The molecule has 1 aromatic rings. The zero-order chi connectivity index (χ0) is 13.8. The second-order valence-corrected chi connectivity index (χ2v) is 4.98. The van der Waals surface area contributed by atoms with E-state index in [4.69, 9.17) is 0 Å². The van der Waals surface area contributed by atoms with E-state index in [1.165, 1.54) is 0 Å². The second-order valence-electron chi connectivity index (χ2n) is 4.98. The highest BCUT2D eigenvalue weighted by atomic mass is 35.5. The Morgan fingerprint density at radius 3 is 2.60 bits per heavy atom. The number of halogens is 3. The Balaban J connectivity index is 0.00000200. The molecular formula is C14H19ClF2N2O. The van der Waals surface area contributed by atoms with Gasteiger partial charge in [0.15, 0.2) is 0 Å². The van der Waals surface area contributed by atoms with E-state index in [-0.39, 0.29) is 23.9 Å². The first-order valence-corrected chi connectivity index (χ1v) is 6.50. The minimum absolute atomic E-state index is 0. The Bertz CT molecular complexity index is 448. The van der Waals surface area contributed by atoms with Gasteiger partial charge in [-0.3, -0.25) is 4.79 Å². The summed E-state index contributed by atoms with van der Waals surface area (Å²) < 4.78 is 26.3. The maximum atomic E-state index is 13.1. The molecule has 1 unspecified atom stereocenters. The van der Waals surface area contributed by atoms with Crippen molar-refractivity contribution in [2.45, 2.75) is 12.8 Å². The number of hydrogen-bond donors (Lipinski definition) is 1. The molecule has 6 heteroatoms. The third-order valence-electron chi connectivity index (χ3n) is 3.41. The summed E-state index contributed by atoms with van der Waals surface area (Å²) in [7, 11) is 1.88. The van der Waals surface area contributed by atoms with E-state index in [0.717, 1.165) is 37.6 Å². The number of nitrogens with zero attached hydrogens (tertiary/aromatic N) is 1. The number of rotatable bonds is 3. The van der Waals surface area contributed by atoms with Crippen LogP contribution in [0.2, 0.25) is 0 Å². The number of likely N-dealkylation sites (tertiary alicyclic amines) is 1. The average molecular weight is 305 g/mol. The first-order valence-electron chi connectivity index (χ1n) is 6.50. The molecule has 2 rings (SSSR count). The molecule has 0 aromatic heterocycles. The van der Waals surface area contributed by atoms with Crippen molar-refractivity contribution in [2.75, 3.05) is 26.7 Å². The summed E-state index contributed by atoms with van der Waals surface area (Å²) in [6.07, 6.45) is 2.00. The van der Waals surface area contributed by atoms with Crippen LogP contribution in [0.3, 0.4) is 0 Å². The molecule has 1 aliphatic heterocycles. The number of piperidine rings is 1. The van der Waals surface area contributed by atoms with Crippen LogP contribution >= 0.6 is 12.4 Å². The smallest absolute Gasteiger partial charge is 0.254 e. The highest BCUT2D eigenvalue weighted by Crippen LogP contribution is 2.19. The zero-order valence-corrected chi connectivity index (χ0v) is 12.2. The fourth-order valence-electron chi connectivity index (χ4n) is 2.56. The van der Waals surface area contributed by atoms with E-state index in [1.807, 2.05) is 7.05 Å². The molecule has 1 fully saturated rings. The maximum Gasteiger partial charge on any atom is 0.254 e. The van der Waals surface area contributed by atoms with E-state index in [2.05, 4.69) is 5.32 Å². The van der Waals surface area contributed by atoms with Crippen molar-refractivity contribution >= 4 is 18.3 Å². The second kappa shape index (κ2) is 7.55.